The Kier molecular flexibility index (Phi) is 6.66. The first-order valence-electron chi connectivity index (χ1n) is 14.9. The number of rotatable bonds is 6. The van der Waals surface area contributed by atoms with Crippen LogP contribution < -0.4 is 16.0 Å². The van der Waals surface area contributed by atoms with Gasteiger partial charge in [0.05, 0.1) is 42.5 Å². The van der Waals surface area contributed by atoms with E-state index in [1.807, 2.05) is 13.0 Å². The molecule has 1 unspecified atom stereocenters. The molecule has 216 valence electrons. The number of aromatic nitrogens is 2. The van der Waals surface area contributed by atoms with Gasteiger partial charge in [0.2, 0.25) is 0 Å². The molecular weight excluding hydrogens is 526 g/mol. The highest BCUT2D eigenvalue weighted by Crippen LogP contribution is 2.54. The van der Waals surface area contributed by atoms with Gasteiger partial charge in [0.25, 0.3) is 0 Å². The third-order valence-corrected chi connectivity index (χ3v) is 10.8. The van der Waals surface area contributed by atoms with E-state index in [2.05, 4.69) is 26.7 Å². The van der Waals surface area contributed by atoms with E-state index in [-0.39, 0.29) is 11.6 Å². The molecule has 5 fully saturated rings. The van der Waals surface area contributed by atoms with Gasteiger partial charge >= 0.3 is 0 Å². The number of hydrogen-bond donors (Lipinski definition) is 3. The number of nitrogens with one attached hydrogen (secondary N) is 2. The number of nitrogens with two attached hydrogens (primary N) is 1. The molecule has 4 heterocycles. The second kappa shape index (κ2) is 9.98. The van der Waals surface area contributed by atoms with Crippen LogP contribution in [0.15, 0.2) is 6.07 Å². The third-order valence-electron chi connectivity index (χ3n) is 10.3. The van der Waals surface area contributed by atoms with Crippen LogP contribution in [0.4, 0.5) is 11.5 Å². The van der Waals surface area contributed by atoms with Gasteiger partial charge in [0, 0.05) is 73.6 Å². The van der Waals surface area contributed by atoms with Crippen LogP contribution >= 0.6 is 11.6 Å². The Morgan fingerprint density at radius 1 is 1.20 bits per heavy atom. The molecule has 10 heteroatoms. The zero-order valence-electron chi connectivity index (χ0n) is 23.8. The van der Waals surface area contributed by atoms with Gasteiger partial charge in [-0.3, -0.25) is 9.58 Å². The van der Waals surface area contributed by atoms with Gasteiger partial charge in [-0.1, -0.05) is 11.6 Å². The molecular formula is C30H42ClN7O2. The molecule has 9 nitrogen and oxygen atoms in total. The standard InChI is InChI=1S/C30H42ClN7O2/c1-19-10-24(33)23(13-32)26(27(19)31)25-20(2)38(21-11-29(12-21)16-34-17-29)35-28(25)37-7-6-36(18-30(37)4-3-5-30)14-22-15-39-8-9-40-22/h10,13,21-22,32,34H,3-9,11-12,14-18,33H2,1-2H3. The Balaban J connectivity index is 1.29. The summed E-state index contributed by atoms with van der Waals surface area (Å²) in [4.78, 5) is 5.16. The van der Waals surface area contributed by atoms with Crippen molar-refractivity contribution < 1.29 is 9.47 Å². The van der Waals surface area contributed by atoms with E-state index >= 15 is 0 Å². The van der Waals surface area contributed by atoms with Crippen molar-refractivity contribution in [3.05, 3.63) is 27.9 Å². The number of ether oxygens (including phenoxy) is 2. The van der Waals surface area contributed by atoms with Crippen LogP contribution in [0, 0.1) is 24.7 Å². The van der Waals surface area contributed by atoms with Crippen molar-refractivity contribution in [2.24, 2.45) is 5.41 Å². The van der Waals surface area contributed by atoms with Gasteiger partial charge in [0.1, 0.15) is 0 Å². The van der Waals surface area contributed by atoms with Crippen LogP contribution in [0.1, 0.15) is 55.0 Å². The van der Waals surface area contributed by atoms with E-state index in [1.54, 1.807) is 0 Å². The normalized spacial score (nSPS) is 26.0. The largest absolute Gasteiger partial charge is 0.398 e. The molecule has 5 aliphatic rings. The Labute approximate surface area is 241 Å². The molecule has 0 bridgehead atoms. The average Bonchev–Trinajstić information content (AvgIpc) is 3.20. The van der Waals surface area contributed by atoms with E-state index in [1.165, 1.54) is 12.6 Å². The third kappa shape index (κ3) is 4.19. The van der Waals surface area contributed by atoms with Crippen molar-refractivity contribution in [2.75, 3.05) is 69.7 Å². The zero-order chi connectivity index (χ0) is 27.6. The number of hydrogen-bond acceptors (Lipinski definition) is 8. The summed E-state index contributed by atoms with van der Waals surface area (Å²) in [7, 11) is 0. The highest BCUT2D eigenvalue weighted by atomic mass is 35.5. The molecule has 4 N–H and O–H groups in total. The van der Waals surface area contributed by atoms with Crippen molar-refractivity contribution in [3.63, 3.8) is 0 Å². The summed E-state index contributed by atoms with van der Waals surface area (Å²) >= 11 is 7.07. The Bertz CT molecular complexity index is 1300. The molecule has 40 heavy (non-hydrogen) atoms. The van der Waals surface area contributed by atoms with Crippen molar-refractivity contribution in [1.82, 2.24) is 20.0 Å². The predicted octanol–water partition coefficient (Wildman–Crippen LogP) is 3.78. The highest BCUT2D eigenvalue weighted by Gasteiger charge is 2.52. The first-order valence-corrected chi connectivity index (χ1v) is 15.3. The summed E-state index contributed by atoms with van der Waals surface area (Å²) in [6.45, 7) is 12.2. The van der Waals surface area contributed by atoms with Crippen LogP contribution in [0.3, 0.4) is 0 Å². The number of aryl methyl sites for hydroxylation is 1. The minimum Gasteiger partial charge on any atom is -0.398 e. The van der Waals surface area contributed by atoms with Gasteiger partial charge in [-0.05, 0) is 63.0 Å². The lowest BCUT2D eigenvalue weighted by Gasteiger charge is -2.57. The minimum absolute atomic E-state index is 0.0412. The van der Waals surface area contributed by atoms with E-state index in [9.17, 15) is 0 Å². The molecule has 7 rings (SSSR count). The molecule has 2 spiro atoms. The monoisotopic (exact) mass is 567 g/mol. The molecule has 3 saturated heterocycles. The van der Waals surface area contributed by atoms with Gasteiger partial charge in [-0.2, -0.15) is 5.10 Å². The van der Waals surface area contributed by atoms with E-state index in [4.69, 9.17) is 37.3 Å². The average molecular weight is 568 g/mol. The molecule has 1 aromatic carbocycles. The first-order chi connectivity index (χ1) is 19.3. The first kappa shape index (κ1) is 26.7. The van der Waals surface area contributed by atoms with Crippen LogP contribution in [-0.2, 0) is 9.47 Å². The summed E-state index contributed by atoms with van der Waals surface area (Å²) in [6.07, 6.45) is 7.34. The summed E-state index contributed by atoms with van der Waals surface area (Å²) in [5, 5.41) is 17.8. The van der Waals surface area contributed by atoms with Crippen LogP contribution in [0.5, 0.6) is 0 Å². The number of benzene rings is 1. The van der Waals surface area contributed by atoms with Crippen molar-refractivity contribution >= 4 is 29.3 Å². The number of nitrogens with zero attached hydrogens (tertiary/aromatic N) is 4. The fourth-order valence-corrected chi connectivity index (χ4v) is 8.19. The van der Waals surface area contributed by atoms with E-state index in [0.29, 0.717) is 47.6 Å². The molecule has 1 atom stereocenters. The SMILES string of the molecule is Cc1cc(N)c(C=N)c(-c2c(N3CCN(CC4COCCO4)CC34CCC4)nn(C3CC4(CNC4)C3)c2C)c1Cl. The smallest absolute Gasteiger partial charge is 0.159 e. The van der Waals surface area contributed by atoms with Crippen molar-refractivity contribution in [1.29, 1.82) is 5.41 Å². The van der Waals surface area contributed by atoms with Gasteiger partial charge in [-0.15, -0.1) is 0 Å². The summed E-state index contributed by atoms with van der Waals surface area (Å²) in [5.74, 6) is 1.01. The summed E-state index contributed by atoms with van der Waals surface area (Å²) in [6, 6.07) is 2.27. The number of halogens is 1. The maximum Gasteiger partial charge on any atom is 0.159 e. The van der Waals surface area contributed by atoms with Gasteiger partial charge < -0.3 is 30.8 Å². The highest BCUT2D eigenvalue weighted by molar-refractivity contribution is 6.35. The molecule has 2 aromatic rings. The van der Waals surface area contributed by atoms with Crippen LogP contribution in [0.2, 0.25) is 5.02 Å². The lowest BCUT2D eigenvalue weighted by molar-refractivity contribution is -0.101. The maximum absolute atomic E-state index is 8.28. The molecule has 1 aromatic heterocycles. The number of nitrogen functional groups attached to an aromatic ring is 1. The number of anilines is 2. The summed E-state index contributed by atoms with van der Waals surface area (Å²) < 4.78 is 14.0. The molecule has 2 saturated carbocycles. The summed E-state index contributed by atoms with van der Waals surface area (Å²) in [5.41, 5.74) is 12.2. The zero-order valence-corrected chi connectivity index (χ0v) is 24.5. The fraction of sp³-hybridized carbons (Fsp3) is 0.667. The van der Waals surface area contributed by atoms with Gasteiger partial charge in [-0.25, -0.2) is 0 Å². The molecule has 2 aliphatic carbocycles. The predicted molar refractivity (Wildman–Crippen MR) is 159 cm³/mol. The van der Waals surface area contributed by atoms with Gasteiger partial charge in [0.15, 0.2) is 5.82 Å². The second-order valence-corrected chi connectivity index (χ2v) is 13.3. The molecule has 3 aliphatic heterocycles. The molecule has 0 radical (unpaired) electrons. The quantitative estimate of drug-likeness (QED) is 0.360. The van der Waals surface area contributed by atoms with Crippen LogP contribution in [-0.4, -0.2) is 91.6 Å². The van der Waals surface area contributed by atoms with Crippen molar-refractivity contribution in [2.45, 2.75) is 63.6 Å². The van der Waals surface area contributed by atoms with Crippen LogP contribution in [0.25, 0.3) is 11.1 Å². The Hall–Kier alpha value is -2.17. The minimum atomic E-state index is 0.0412. The van der Waals surface area contributed by atoms with E-state index < -0.39 is 0 Å². The fourth-order valence-electron chi connectivity index (χ4n) is 7.94. The Morgan fingerprint density at radius 2 is 2.00 bits per heavy atom. The topological polar surface area (TPSA) is 105 Å². The maximum atomic E-state index is 8.28. The van der Waals surface area contributed by atoms with E-state index in [0.717, 1.165) is 93.2 Å². The van der Waals surface area contributed by atoms with Crippen molar-refractivity contribution in [3.8, 4) is 11.1 Å². The Morgan fingerprint density at radius 3 is 2.62 bits per heavy atom. The lowest BCUT2D eigenvalue weighted by atomic mass is 9.61. The molecule has 0 amide bonds. The second-order valence-electron chi connectivity index (χ2n) is 13.0. The number of piperazine rings is 1. The lowest BCUT2D eigenvalue weighted by Crippen LogP contribution is -2.67.